The van der Waals surface area contributed by atoms with E-state index in [0.717, 1.165) is 19.3 Å². The predicted molar refractivity (Wildman–Crippen MR) is 58.2 cm³/mol. The summed E-state index contributed by atoms with van der Waals surface area (Å²) in [5, 5.41) is 21.7. The van der Waals surface area contributed by atoms with Crippen molar-refractivity contribution in [2.45, 2.75) is 50.7 Å². The number of aliphatic hydroxyl groups is 1. The van der Waals surface area contributed by atoms with E-state index in [0.29, 0.717) is 12.8 Å². The first-order chi connectivity index (χ1) is 8.10. The Kier molecular flexibility index (Phi) is 3.24. The van der Waals surface area contributed by atoms with Crippen molar-refractivity contribution in [3.8, 4) is 0 Å². The number of hydrogen-bond acceptors (Lipinski definition) is 5. The zero-order valence-electron chi connectivity index (χ0n) is 9.85. The van der Waals surface area contributed by atoms with Crippen LogP contribution in [0.5, 0.6) is 0 Å². The zero-order chi connectivity index (χ0) is 12.5. The van der Waals surface area contributed by atoms with Crippen molar-refractivity contribution in [3.63, 3.8) is 0 Å². The second-order valence-corrected chi connectivity index (χ2v) is 4.48. The van der Waals surface area contributed by atoms with E-state index in [1.54, 1.807) is 6.92 Å². The van der Waals surface area contributed by atoms with Crippen molar-refractivity contribution in [3.05, 3.63) is 5.21 Å². The molecule has 1 saturated carbocycles. The van der Waals surface area contributed by atoms with Gasteiger partial charge in [0.05, 0.1) is 11.5 Å². The number of carbonyl (C=O) groups excluding carboxylic acids is 1. The van der Waals surface area contributed by atoms with E-state index in [1.165, 1.54) is 0 Å². The van der Waals surface area contributed by atoms with Gasteiger partial charge in [0.1, 0.15) is 5.60 Å². The molecular weight excluding hydrogens is 226 g/mol. The molecule has 96 valence electrons. The van der Waals surface area contributed by atoms with Crippen LogP contribution in [0.4, 0.5) is 0 Å². The molecular formula is C11H17NO5. The molecule has 0 aromatic carbocycles. The van der Waals surface area contributed by atoms with Crippen LogP contribution in [0.2, 0.25) is 0 Å². The Balaban J connectivity index is 2.18. The lowest BCUT2D eigenvalue weighted by Gasteiger charge is -2.35. The minimum Gasteiger partial charge on any atom is -0.458 e. The maximum Gasteiger partial charge on any atom is 0.408 e. The van der Waals surface area contributed by atoms with Crippen LogP contribution in [0.3, 0.4) is 0 Å². The van der Waals surface area contributed by atoms with Crippen molar-refractivity contribution >= 4 is 11.7 Å². The summed E-state index contributed by atoms with van der Waals surface area (Å²) in [7, 11) is 0. The number of rotatable bonds is 2. The van der Waals surface area contributed by atoms with Crippen molar-refractivity contribution in [2.24, 2.45) is 0 Å². The number of nitrogens with zero attached hydrogens (tertiary/aromatic N) is 1. The number of ether oxygens (including phenoxy) is 1. The third kappa shape index (κ3) is 1.97. The Morgan fingerprint density at radius 2 is 2.24 bits per heavy atom. The summed E-state index contributed by atoms with van der Waals surface area (Å²) in [5.41, 5.74) is -1.24. The smallest absolute Gasteiger partial charge is 0.408 e. The molecule has 1 atom stereocenters. The first-order valence-corrected chi connectivity index (χ1v) is 5.99. The minimum atomic E-state index is -1.18. The zero-order valence-corrected chi connectivity index (χ0v) is 9.85. The summed E-state index contributed by atoms with van der Waals surface area (Å²) in [6, 6.07) is 0. The van der Waals surface area contributed by atoms with Crippen LogP contribution in [0.1, 0.15) is 39.0 Å². The second kappa shape index (κ2) is 4.52. The molecule has 1 heterocycles. The van der Waals surface area contributed by atoms with E-state index in [1.807, 2.05) is 0 Å². The second-order valence-electron chi connectivity index (χ2n) is 4.48. The maximum absolute atomic E-state index is 11.6. The van der Waals surface area contributed by atoms with Crippen LogP contribution < -0.4 is 0 Å². The largest absolute Gasteiger partial charge is 0.458 e. The van der Waals surface area contributed by atoms with Gasteiger partial charge in [-0.1, -0.05) is 19.3 Å². The lowest BCUT2D eigenvalue weighted by molar-refractivity contribution is -0.753. The van der Waals surface area contributed by atoms with Gasteiger partial charge in [-0.25, -0.2) is 4.79 Å². The number of hydrogen-bond donors (Lipinski definition) is 1. The Hall–Kier alpha value is -1.30. The number of carbonyl (C=O) groups is 1. The van der Waals surface area contributed by atoms with Gasteiger partial charge >= 0.3 is 11.7 Å². The third-order valence-corrected chi connectivity index (χ3v) is 3.40. The van der Waals surface area contributed by atoms with E-state index in [9.17, 15) is 15.1 Å². The fourth-order valence-corrected chi connectivity index (χ4v) is 2.52. The van der Waals surface area contributed by atoms with Crippen LogP contribution >= 0.6 is 0 Å². The molecule has 0 unspecified atom stereocenters. The lowest BCUT2D eigenvalue weighted by atomic mass is 9.79. The quantitative estimate of drug-likeness (QED) is 0.564. The Bertz CT molecular complexity index is 346. The standard InChI is InChI=1S/C11H17NO5/c1-2-16-10(14)8-9(13)11(17-12(8)15)6-4-3-5-7-11/h9,13H,2-7H2,1H3/t9-/m1/s1. The molecule has 1 N–H and O–H groups in total. The van der Waals surface area contributed by atoms with Crippen LogP contribution in [0.25, 0.3) is 0 Å². The lowest BCUT2D eigenvalue weighted by Crippen LogP contribution is -2.47. The van der Waals surface area contributed by atoms with Crippen molar-refractivity contribution in [2.75, 3.05) is 6.61 Å². The fraction of sp³-hybridized carbons (Fsp3) is 0.818. The third-order valence-electron chi connectivity index (χ3n) is 3.40. The molecule has 17 heavy (non-hydrogen) atoms. The molecule has 0 saturated heterocycles. The molecule has 0 aromatic rings. The molecule has 1 spiro atoms. The van der Waals surface area contributed by atoms with E-state index in [4.69, 9.17) is 9.57 Å². The van der Waals surface area contributed by atoms with Gasteiger partial charge in [0.15, 0.2) is 6.10 Å². The summed E-state index contributed by atoms with van der Waals surface area (Å²) in [6.07, 6.45) is 2.85. The van der Waals surface area contributed by atoms with Crippen molar-refractivity contribution < 1.29 is 24.4 Å². The minimum absolute atomic E-state index is 0.133. The normalized spacial score (nSPS) is 27.1. The topological polar surface area (TPSA) is 81.8 Å². The van der Waals surface area contributed by atoms with Crippen LogP contribution in [0.15, 0.2) is 0 Å². The molecule has 6 heteroatoms. The van der Waals surface area contributed by atoms with E-state index in [2.05, 4.69) is 0 Å². The van der Waals surface area contributed by atoms with Crippen molar-refractivity contribution in [1.29, 1.82) is 0 Å². The van der Waals surface area contributed by atoms with E-state index in [-0.39, 0.29) is 17.2 Å². The monoisotopic (exact) mass is 243 g/mol. The summed E-state index contributed by atoms with van der Waals surface area (Å²) >= 11 is 0. The highest BCUT2D eigenvalue weighted by molar-refractivity contribution is 6.36. The van der Waals surface area contributed by atoms with Gasteiger partial charge < -0.3 is 14.7 Å². The average Bonchev–Trinajstić information content (AvgIpc) is 2.52. The van der Waals surface area contributed by atoms with E-state index < -0.39 is 17.7 Å². The Morgan fingerprint density at radius 3 is 2.82 bits per heavy atom. The average molecular weight is 243 g/mol. The number of esters is 1. The molecule has 0 aromatic heterocycles. The first kappa shape index (κ1) is 12.2. The molecule has 0 amide bonds. The van der Waals surface area contributed by atoms with Gasteiger partial charge in [0.2, 0.25) is 0 Å². The highest BCUT2D eigenvalue weighted by Gasteiger charge is 2.54. The summed E-state index contributed by atoms with van der Waals surface area (Å²) in [4.78, 5) is 16.9. The molecule has 1 fully saturated rings. The molecule has 0 radical (unpaired) electrons. The molecule has 2 aliphatic rings. The summed E-state index contributed by atoms with van der Waals surface area (Å²) in [5.74, 6) is -0.794. The first-order valence-electron chi connectivity index (χ1n) is 5.99. The van der Waals surface area contributed by atoms with Gasteiger partial charge in [-0.05, 0) is 19.8 Å². The fourth-order valence-electron chi connectivity index (χ4n) is 2.52. The van der Waals surface area contributed by atoms with Crippen LogP contribution in [-0.4, -0.2) is 40.0 Å². The SMILES string of the molecule is CCOC(=O)C1=[N+]([O-])OC2(CCCCC2)[C@@H]1O. The molecule has 1 aliphatic carbocycles. The highest BCUT2D eigenvalue weighted by Crippen LogP contribution is 2.38. The Labute approximate surface area is 99.4 Å². The molecule has 1 aliphatic heterocycles. The van der Waals surface area contributed by atoms with Gasteiger partial charge in [-0.2, -0.15) is 0 Å². The van der Waals surface area contributed by atoms with Gasteiger partial charge in [0.25, 0.3) is 0 Å². The summed E-state index contributed by atoms with van der Waals surface area (Å²) in [6.45, 7) is 1.81. The van der Waals surface area contributed by atoms with Crippen molar-refractivity contribution in [1.82, 2.24) is 0 Å². The van der Waals surface area contributed by atoms with E-state index >= 15 is 0 Å². The highest BCUT2D eigenvalue weighted by atomic mass is 16.9. The maximum atomic E-state index is 11.6. The molecule has 0 bridgehead atoms. The van der Waals surface area contributed by atoms with Crippen LogP contribution in [0, 0.1) is 5.21 Å². The van der Waals surface area contributed by atoms with Gasteiger partial charge in [-0.3, -0.25) is 5.21 Å². The summed E-state index contributed by atoms with van der Waals surface area (Å²) < 4.78 is 4.74. The van der Waals surface area contributed by atoms with Crippen LogP contribution in [-0.2, 0) is 14.4 Å². The Morgan fingerprint density at radius 1 is 1.59 bits per heavy atom. The molecule has 2 rings (SSSR count). The van der Waals surface area contributed by atoms with Gasteiger partial charge in [0, 0.05) is 0 Å². The van der Waals surface area contributed by atoms with Gasteiger partial charge in [-0.15, -0.1) is 0 Å². The number of aliphatic hydroxyl groups excluding tert-OH is 1. The molecule has 6 nitrogen and oxygen atoms in total. The predicted octanol–water partition coefficient (Wildman–Crippen LogP) is 0.510.